The van der Waals surface area contributed by atoms with Gasteiger partial charge in [0, 0.05) is 39.2 Å². The van der Waals surface area contributed by atoms with E-state index in [0.29, 0.717) is 0 Å². The molecule has 0 N–H and O–H groups in total. The van der Waals surface area contributed by atoms with Gasteiger partial charge in [-0.1, -0.05) is 147 Å². The summed E-state index contributed by atoms with van der Waals surface area (Å²) in [5.41, 5.74) is 14.8. The molecule has 0 saturated carbocycles. The molecule has 1 atom stereocenters. The van der Waals surface area contributed by atoms with Crippen molar-refractivity contribution >= 4 is 33.4 Å². The van der Waals surface area contributed by atoms with E-state index in [0.717, 1.165) is 35.0 Å². The maximum absolute atomic E-state index is 6.71. The molecule has 0 bridgehead atoms. The summed E-state index contributed by atoms with van der Waals surface area (Å²) in [5.74, 6) is 2.28. The molecule has 0 aromatic heterocycles. The minimum absolute atomic E-state index is 0.103. The Kier molecular flexibility index (Phi) is 6.69. The second kappa shape index (κ2) is 11.5. The Morgan fingerprint density at radius 3 is 2.14 bits per heavy atom. The quantitative estimate of drug-likeness (QED) is 0.183. The third-order valence-electron chi connectivity index (χ3n) is 11.2. The fraction of sp³-hybridized carbons (Fsp3) is 0.102. The summed E-state index contributed by atoms with van der Waals surface area (Å²) in [5, 5.41) is 2.39. The second-order valence-electron chi connectivity index (χ2n) is 14.5. The zero-order valence-corrected chi connectivity index (χ0v) is 28.8. The summed E-state index contributed by atoms with van der Waals surface area (Å²) in [7, 11) is 0. The van der Waals surface area contributed by atoms with E-state index < -0.39 is 0 Å². The molecule has 1 heterocycles. The molecule has 1 unspecified atom stereocenters. The van der Waals surface area contributed by atoms with E-state index in [2.05, 4.69) is 189 Å². The Morgan fingerprint density at radius 1 is 0.588 bits per heavy atom. The maximum Gasteiger partial charge on any atom is 0.138 e. The van der Waals surface area contributed by atoms with Crippen LogP contribution in [0.3, 0.4) is 0 Å². The number of anilines is 3. The number of nitrogens with zero attached hydrogens (tertiary/aromatic N) is 1. The van der Waals surface area contributed by atoms with Gasteiger partial charge in [-0.25, -0.2) is 0 Å². The molecule has 2 aliphatic carbocycles. The molecule has 0 radical (unpaired) electrons. The molecule has 51 heavy (non-hydrogen) atoms. The van der Waals surface area contributed by atoms with Crippen LogP contribution in [0.2, 0.25) is 0 Å². The molecule has 2 heteroatoms. The highest BCUT2D eigenvalue weighted by Gasteiger charge is 2.36. The van der Waals surface area contributed by atoms with E-state index in [-0.39, 0.29) is 11.3 Å². The van der Waals surface area contributed by atoms with Crippen molar-refractivity contribution in [3.63, 3.8) is 0 Å². The molecule has 2 nitrogen and oxygen atoms in total. The molecule has 7 aromatic rings. The average molecular weight is 656 g/mol. The molecular formula is C49H37NO. The van der Waals surface area contributed by atoms with Crippen LogP contribution in [0.5, 0.6) is 5.75 Å². The van der Waals surface area contributed by atoms with Gasteiger partial charge >= 0.3 is 0 Å². The fourth-order valence-electron chi connectivity index (χ4n) is 8.61. The maximum atomic E-state index is 6.71. The van der Waals surface area contributed by atoms with Crippen molar-refractivity contribution in [3.8, 4) is 28.0 Å². The van der Waals surface area contributed by atoms with Crippen LogP contribution in [0.15, 0.2) is 176 Å². The van der Waals surface area contributed by atoms with Crippen molar-refractivity contribution in [2.24, 2.45) is 0 Å². The fourth-order valence-corrected chi connectivity index (χ4v) is 8.61. The standard InChI is InChI=1S/C49H37NO/c1-49(2)44-18-10-8-17-40(44)41-29-26-37(31-45(41)49)50(36-24-20-33(21-25-36)32-12-4-3-5-13-32)46-19-11-9-15-38(46)35-23-27-42-43-28-22-34-14-6-7-16-39(34)48(43)51-47(42)30-35/h3-26,28-31,42H,27H2,1-2H3. The largest absolute Gasteiger partial charge is 0.460 e. The van der Waals surface area contributed by atoms with Gasteiger partial charge < -0.3 is 9.64 Å². The van der Waals surface area contributed by atoms with Crippen LogP contribution in [0, 0.1) is 0 Å². The van der Waals surface area contributed by atoms with Gasteiger partial charge in [-0.15, -0.1) is 0 Å². The number of hydrogen-bond donors (Lipinski definition) is 0. The van der Waals surface area contributed by atoms with Gasteiger partial charge in [-0.3, -0.25) is 0 Å². The highest BCUT2D eigenvalue weighted by molar-refractivity contribution is 5.94. The third kappa shape index (κ3) is 4.71. The predicted octanol–water partition coefficient (Wildman–Crippen LogP) is 13.1. The summed E-state index contributed by atoms with van der Waals surface area (Å²) in [4.78, 5) is 2.44. The highest BCUT2D eigenvalue weighted by atomic mass is 16.5. The summed E-state index contributed by atoms with van der Waals surface area (Å²) < 4.78 is 6.71. The summed E-state index contributed by atoms with van der Waals surface area (Å²) in [6, 6.07) is 57.4. The lowest BCUT2D eigenvalue weighted by molar-refractivity contribution is 0.430. The molecule has 0 fully saturated rings. The van der Waals surface area contributed by atoms with E-state index in [1.54, 1.807) is 0 Å². The third-order valence-corrected chi connectivity index (χ3v) is 11.2. The molecule has 10 rings (SSSR count). The number of rotatable bonds is 5. The van der Waals surface area contributed by atoms with Gasteiger partial charge in [0.25, 0.3) is 0 Å². The lowest BCUT2D eigenvalue weighted by Gasteiger charge is -2.30. The lowest BCUT2D eigenvalue weighted by atomic mass is 9.82. The van der Waals surface area contributed by atoms with E-state index in [1.165, 1.54) is 60.9 Å². The Hall–Kier alpha value is -6.12. The number of para-hydroxylation sites is 1. The minimum atomic E-state index is -0.103. The number of benzene rings is 7. The first-order valence-electron chi connectivity index (χ1n) is 18.0. The van der Waals surface area contributed by atoms with Gasteiger partial charge in [-0.2, -0.15) is 0 Å². The summed E-state index contributed by atoms with van der Waals surface area (Å²) in [6.45, 7) is 4.71. The van der Waals surface area contributed by atoms with Gasteiger partial charge in [0.2, 0.25) is 0 Å². The Labute approximate surface area is 299 Å². The van der Waals surface area contributed by atoms with Crippen LogP contribution in [-0.4, -0.2) is 0 Å². The van der Waals surface area contributed by atoms with E-state index in [9.17, 15) is 0 Å². The first-order valence-corrected chi connectivity index (χ1v) is 18.0. The number of fused-ring (bicyclic) bond motifs is 8. The van der Waals surface area contributed by atoms with Crippen LogP contribution in [-0.2, 0) is 5.41 Å². The molecule has 244 valence electrons. The van der Waals surface area contributed by atoms with E-state index in [1.807, 2.05) is 0 Å². The molecular weight excluding hydrogens is 619 g/mol. The normalized spacial score (nSPS) is 16.3. The minimum Gasteiger partial charge on any atom is -0.460 e. The van der Waals surface area contributed by atoms with Gasteiger partial charge in [-0.05, 0) is 87.2 Å². The molecule has 1 aliphatic heterocycles. The first kappa shape index (κ1) is 29.8. The molecule has 7 aromatic carbocycles. The predicted molar refractivity (Wildman–Crippen MR) is 212 cm³/mol. The Bertz CT molecular complexity index is 2560. The van der Waals surface area contributed by atoms with Crippen LogP contribution in [0.4, 0.5) is 17.1 Å². The van der Waals surface area contributed by atoms with Crippen molar-refractivity contribution < 1.29 is 4.74 Å². The Balaban J connectivity index is 1.10. The van der Waals surface area contributed by atoms with Crippen LogP contribution in [0.25, 0.3) is 38.6 Å². The van der Waals surface area contributed by atoms with E-state index >= 15 is 0 Å². The number of hydrogen-bond acceptors (Lipinski definition) is 2. The topological polar surface area (TPSA) is 12.5 Å². The Morgan fingerprint density at radius 2 is 1.27 bits per heavy atom. The number of ether oxygens (including phenoxy) is 1. The molecule has 0 amide bonds. The zero-order valence-electron chi connectivity index (χ0n) is 28.8. The highest BCUT2D eigenvalue weighted by Crippen LogP contribution is 2.53. The van der Waals surface area contributed by atoms with Crippen molar-refractivity contribution in [2.45, 2.75) is 31.6 Å². The summed E-state index contributed by atoms with van der Waals surface area (Å²) >= 11 is 0. The first-order chi connectivity index (χ1) is 25.0. The van der Waals surface area contributed by atoms with Crippen molar-refractivity contribution in [2.75, 3.05) is 4.90 Å². The monoisotopic (exact) mass is 655 g/mol. The van der Waals surface area contributed by atoms with Crippen LogP contribution < -0.4 is 9.64 Å². The van der Waals surface area contributed by atoms with Crippen molar-refractivity contribution in [3.05, 3.63) is 198 Å². The van der Waals surface area contributed by atoms with Gasteiger partial charge in [0.1, 0.15) is 11.5 Å². The van der Waals surface area contributed by atoms with Gasteiger partial charge in [0.15, 0.2) is 0 Å². The average Bonchev–Trinajstić information content (AvgIpc) is 3.67. The molecule has 0 spiro atoms. The van der Waals surface area contributed by atoms with Gasteiger partial charge in [0.05, 0.1) is 5.69 Å². The SMILES string of the molecule is CC1(C)c2ccccc2-c2ccc(N(c3ccc(-c4ccccc4)cc3)c3ccccc3C3=CCC4C(=C3)Oc3c4ccc4ccccc34)cc21. The smallest absolute Gasteiger partial charge is 0.138 e. The number of allylic oxidation sites excluding steroid dienone is 4. The lowest BCUT2D eigenvalue weighted by Crippen LogP contribution is -2.17. The van der Waals surface area contributed by atoms with Crippen molar-refractivity contribution in [1.29, 1.82) is 0 Å². The second-order valence-corrected chi connectivity index (χ2v) is 14.5. The molecule has 3 aliphatic rings. The van der Waals surface area contributed by atoms with Crippen LogP contribution >= 0.6 is 0 Å². The van der Waals surface area contributed by atoms with Crippen molar-refractivity contribution in [1.82, 2.24) is 0 Å². The zero-order chi connectivity index (χ0) is 34.1. The molecule has 0 saturated heterocycles. The van der Waals surface area contributed by atoms with E-state index in [4.69, 9.17) is 4.74 Å². The summed E-state index contributed by atoms with van der Waals surface area (Å²) in [6.07, 6.45) is 5.58. The van der Waals surface area contributed by atoms with Crippen LogP contribution in [0.1, 0.15) is 48.4 Å².